The van der Waals surface area contributed by atoms with Gasteiger partial charge in [0.05, 0.1) is 25.7 Å². The molecule has 2 aromatic carbocycles. The van der Waals surface area contributed by atoms with Crippen LogP contribution in [-0.2, 0) is 16.0 Å². The molecule has 1 aliphatic heterocycles. The van der Waals surface area contributed by atoms with E-state index < -0.39 is 17.1 Å². The van der Waals surface area contributed by atoms with Gasteiger partial charge in [0.15, 0.2) is 11.5 Å². The van der Waals surface area contributed by atoms with E-state index in [-0.39, 0.29) is 11.4 Å². The Bertz CT molecular complexity index is 1130. The van der Waals surface area contributed by atoms with Crippen LogP contribution in [0.2, 0.25) is 0 Å². The second-order valence-electron chi connectivity index (χ2n) is 7.18. The fourth-order valence-corrected chi connectivity index (χ4v) is 4.21. The lowest BCUT2D eigenvalue weighted by molar-refractivity contribution is -0.127. The number of hydrogen-bond donors (Lipinski definition) is 1. The molecule has 0 aromatic heterocycles. The van der Waals surface area contributed by atoms with Crippen molar-refractivity contribution in [3.05, 3.63) is 65.1 Å². The number of thioether (sulfide) groups is 1. The maximum Gasteiger partial charge on any atom is 0.294 e. The minimum atomic E-state index is -0.529. The number of amides is 3. The monoisotopic (exact) mass is 482 g/mol. The van der Waals surface area contributed by atoms with Crippen LogP contribution in [0.25, 0.3) is 6.08 Å². The van der Waals surface area contributed by atoms with Crippen molar-refractivity contribution in [1.82, 2.24) is 4.90 Å². The molecular formula is C25H26N2O6S. The third-order valence-corrected chi connectivity index (χ3v) is 5.78. The summed E-state index contributed by atoms with van der Waals surface area (Å²) < 4.78 is 16.3. The largest absolute Gasteiger partial charge is 0.497 e. The van der Waals surface area contributed by atoms with Gasteiger partial charge in [-0.05, 0) is 73.1 Å². The fourth-order valence-electron chi connectivity index (χ4n) is 3.37. The van der Waals surface area contributed by atoms with Crippen molar-refractivity contribution < 1.29 is 28.6 Å². The zero-order valence-electron chi connectivity index (χ0n) is 19.3. The maximum atomic E-state index is 12.9. The molecule has 3 amide bonds. The van der Waals surface area contributed by atoms with Crippen molar-refractivity contribution in [2.24, 2.45) is 0 Å². The average Bonchev–Trinajstić information content (AvgIpc) is 3.07. The van der Waals surface area contributed by atoms with Gasteiger partial charge < -0.3 is 19.5 Å². The zero-order chi connectivity index (χ0) is 24.7. The van der Waals surface area contributed by atoms with Gasteiger partial charge in [-0.25, -0.2) is 0 Å². The van der Waals surface area contributed by atoms with E-state index in [1.165, 1.54) is 0 Å². The number of nitrogens with one attached hydrogen (secondary N) is 1. The molecule has 0 spiro atoms. The number of hydrogen-bond acceptors (Lipinski definition) is 7. The lowest BCUT2D eigenvalue weighted by Crippen LogP contribution is -2.36. The van der Waals surface area contributed by atoms with Crippen LogP contribution in [0.4, 0.5) is 10.5 Å². The molecule has 1 N–H and O–H groups in total. The van der Waals surface area contributed by atoms with Crippen LogP contribution in [0.15, 0.2) is 54.0 Å². The van der Waals surface area contributed by atoms with E-state index in [0.29, 0.717) is 41.5 Å². The van der Waals surface area contributed by atoms with E-state index in [2.05, 4.69) is 11.9 Å². The van der Waals surface area contributed by atoms with E-state index >= 15 is 0 Å². The Balaban J connectivity index is 1.78. The van der Waals surface area contributed by atoms with Gasteiger partial charge in [0.25, 0.3) is 11.1 Å². The SMILES string of the molecule is C=CCc1cc(/C=C2/SC(=O)N(CC(=O)Nc3ccc(OC)cc3)C2=O)cc(OCC)c1OC. The first-order chi connectivity index (χ1) is 16.4. The lowest BCUT2D eigenvalue weighted by atomic mass is 10.0. The Labute approximate surface area is 202 Å². The summed E-state index contributed by atoms with van der Waals surface area (Å²) in [4.78, 5) is 38.9. The molecule has 2 aromatic rings. The fraction of sp³-hybridized carbons (Fsp3) is 0.240. The lowest BCUT2D eigenvalue weighted by Gasteiger charge is -2.14. The number of methoxy groups -OCH3 is 2. The van der Waals surface area contributed by atoms with Crippen molar-refractivity contribution in [3.63, 3.8) is 0 Å². The molecule has 0 atom stereocenters. The van der Waals surface area contributed by atoms with Crippen molar-refractivity contribution >= 4 is 40.6 Å². The summed E-state index contributed by atoms with van der Waals surface area (Å²) in [5, 5.41) is 2.16. The van der Waals surface area contributed by atoms with Gasteiger partial charge in [-0.1, -0.05) is 6.08 Å². The molecule has 1 fully saturated rings. The average molecular weight is 483 g/mol. The predicted molar refractivity (Wildman–Crippen MR) is 132 cm³/mol. The first-order valence-electron chi connectivity index (χ1n) is 10.5. The molecule has 0 aliphatic carbocycles. The third-order valence-electron chi connectivity index (χ3n) is 4.87. The van der Waals surface area contributed by atoms with Crippen molar-refractivity contribution in [3.8, 4) is 17.2 Å². The molecule has 9 heteroatoms. The van der Waals surface area contributed by atoms with Crippen molar-refractivity contribution in [2.45, 2.75) is 13.3 Å². The number of nitrogens with zero attached hydrogens (tertiary/aromatic N) is 1. The van der Waals surface area contributed by atoms with Gasteiger partial charge in [-0.2, -0.15) is 0 Å². The number of ether oxygens (including phenoxy) is 3. The number of carbonyl (C=O) groups is 3. The van der Waals surface area contributed by atoms with E-state index in [0.717, 1.165) is 22.2 Å². The third kappa shape index (κ3) is 5.79. The summed E-state index contributed by atoms with van der Waals surface area (Å²) in [5.41, 5.74) is 2.05. The predicted octanol–water partition coefficient (Wildman–Crippen LogP) is 4.51. The van der Waals surface area contributed by atoms with Crippen LogP contribution in [0.5, 0.6) is 17.2 Å². The van der Waals surface area contributed by atoms with Gasteiger partial charge in [0.1, 0.15) is 12.3 Å². The molecule has 1 heterocycles. The summed E-state index contributed by atoms with van der Waals surface area (Å²) >= 11 is 0.788. The minimum absolute atomic E-state index is 0.222. The number of benzene rings is 2. The Kier molecular flexibility index (Phi) is 8.37. The second-order valence-corrected chi connectivity index (χ2v) is 8.17. The van der Waals surface area contributed by atoms with Crippen LogP contribution in [0.3, 0.4) is 0 Å². The van der Waals surface area contributed by atoms with Crippen LogP contribution < -0.4 is 19.5 Å². The van der Waals surface area contributed by atoms with E-state index in [1.807, 2.05) is 13.0 Å². The number of carbonyl (C=O) groups excluding carboxylic acids is 3. The molecule has 3 rings (SSSR count). The van der Waals surface area contributed by atoms with E-state index in [1.54, 1.807) is 56.7 Å². The first-order valence-corrected chi connectivity index (χ1v) is 11.4. The highest BCUT2D eigenvalue weighted by atomic mass is 32.2. The summed E-state index contributed by atoms with van der Waals surface area (Å²) in [5.74, 6) is 0.774. The minimum Gasteiger partial charge on any atom is -0.497 e. The Hall–Kier alpha value is -3.72. The summed E-state index contributed by atoms with van der Waals surface area (Å²) in [6.45, 7) is 5.69. The first kappa shape index (κ1) is 24.9. The normalized spacial score (nSPS) is 14.3. The van der Waals surface area contributed by atoms with Crippen molar-refractivity contribution in [1.29, 1.82) is 0 Å². The second kappa shape index (κ2) is 11.4. The number of anilines is 1. The molecule has 8 nitrogen and oxygen atoms in total. The molecule has 0 radical (unpaired) electrons. The Morgan fingerprint density at radius 2 is 1.88 bits per heavy atom. The zero-order valence-corrected chi connectivity index (χ0v) is 20.1. The van der Waals surface area contributed by atoms with Gasteiger partial charge >= 0.3 is 0 Å². The van der Waals surface area contributed by atoms with Crippen LogP contribution in [-0.4, -0.2) is 49.3 Å². The topological polar surface area (TPSA) is 94.2 Å². The molecule has 0 bridgehead atoms. The van der Waals surface area contributed by atoms with Crippen molar-refractivity contribution in [2.75, 3.05) is 32.7 Å². The quantitative estimate of drug-likeness (QED) is 0.393. The molecule has 0 unspecified atom stereocenters. The highest BCUT2D eigenvalue weighted by molar-refractivity contribution is 8.18. The molecule has 178 valence electrons. The molecule has 0 saturated carbocycles. The number of imide groups is 1. The molecule has 1 saturated heterocycles. The van der Waals surface area contributed by atoms with Crippen LogP contribution in [0.1, 0.15) is 18.1 Å². The molecule has 34 heavy (non-hydrogen) atoms. The standard InChI is InChI=1S/C25H26N2O6S/c1-5-7-17-12-16(13-20(33-6-2)23(17)32-4)14-21-24(29)27(25(30)34-21)15-22(28)26-18-8-10-19(31-3)11-9-18/h5,8-14H,1,6-7,15H2,2-4H3,(H,26,28)/b21-14+. The van der Waals surface area contributed by atoms with Gasteiger partial charge in [-0.3, -0.25) is 19.3 Å². The van der Waals surface area contributed by atoms with Crippen LogP contribution >= 0.6 is 11.8 Å². The highest BCUT2D eigenvalue weighted by Gasteiger charge is 2.36. The van der Waals surface area contributed by atoms with E-state index in [4.69, 9.17) is 14.2 Å². The van der Waals surface area contributed by atoms with Gasteiger partial charge in [-0.15, -0.1) is 6.58 Å². The summed E-state index contributed by atoms with van der Waals surface area (Å²) in [7, 11) is 3.11. The smallest absolute Gasteiger partial charge is 0.294 e. The highest BCUT2D eigenvalue weighted by Crippen LogP contribution is 2.37. The van der Waals surface area contributed by atoms with Crippen LogP contribution in [0, 0.1) is 0 Å². The Morgan fingerprint density at radius 1 is 1.15 bits per heavy atom. The number of allylic oxidation sites excluding steroid dienone is 1. The molecule has 1 aliphatic rings. The Morgan fingerprint density at radius 3 is 2.50 bits per heavy atom. The summed E-state index contributed by atoms with van der Waals surface area (Å²) in [6.07, 6.45) is 3.89. The maximum absolute atomic E-state index is 12.9. The number of rotatable bonds is 10. The van der Waals surface area contributed by atoms with E-state index in [9.17, 15) is 14.4 Å². The molecular weight excluding hydrogens is 456 g/mol. The van der Waals surface area contributed by atoms with Gasteiger partial charge in [0.2, 0.25) is 5.91 Å². The summed E-state index contributed by atoms with van der Waals surface area (Å²) in [6, 6.07) is 10.3. The van der Waals surface area contributed by atoms with Gasteiger partial charge in [0, 0.05) is 11.3 Å².